The van der Waals surface area contributed by atoms with Crippen molar-refractivity contribution >= 4 is 5.96 Å². The van der Waals surface area contributed by atoms with Crippen LogP contribution in [0.15, 0.2) is 4.99 Å². The van der Waals surface area contributed by atoms with Crippen LogP contribution in [0.3, 0.4) is 0 Å². The Bertz CT molecular complexity index is 158. The highest BCUT2D eigenvalue weighted by Gasteiger charge is 2.10. The van der Waals surface area contributed by atoms with Gasteiger partial charge >= 0.3 is 0 Å². The molecule has 0 atom stereocenters. The molecule has 3 N–H and O–H groups in total. The molecule has 0 aliphatic heterocycles. The van der Waals surface area contributed by atoms with Crippen LogP contribution in [0.25, 0.3) is 0 Å². The summed E-state index contributed by atoms with van der Waals surface area (Å²) < 4.78 is 0. The Balaban J connectivity index is 3.79. The lowest BCUT2D eigenvalue weighted by Crippen LogP contribution is -2.38. The first-order valence-corrected chi connectivity index (χ1v) is 4.08. The Morgan fingerprint density at radius 3 is 2.25 bits per heavy atom. The van der Waals surface area contributed by atoms with Gasteiger partial charge in [-0.25, -0.2) is 10.5 Å². The number of hydroxylamine groups is 1. The van der Waals surface area contributed by atoms with Crippen LogP contribution in [-0.2, 0) is 4.84 Å². The molecule has 0 spiro atoms. The summed E-state index contributed by atoms with van der Waals surface area (Å²) in [6, 6.07) is 0.182. The van der Waals surface area contributed by atoms with E-state index in [1.807, 2.05) is 34.6 Å². The van der Waals surface area contributed by atoms with Crippen molar-refractivity contribution in [3.63, 3.8) is 0 Å². The lowest BCUT2D eigenvalue weighted by Gasteiger charge is -2.19. The smallest absolute Gasteiger partial charge is 0.213 e. The molecular weight excluding hydrogens is 154 g/mol. The van der Waals surface area contributed by atoms with Crippen molar-refractivity contribution in [2.24, 2.45) is 10.7 Å². The molecule has 0 radical (unpaired) electrons. The SMILES string of the molecule is CC(C)N=C(N)NOC(C)(C)C. The number of rotatable bonds is 2. The lowest BCUT2D eigenvalue weighted by atomic mass is 10.2. The van der Waals surface area contributed by atoms with Gasteiger partial charge in [-0.2, -0.15) is 0 Å². The van der Waals surface area contributed by atoms with E-state index in [1.165, 1.54) is 0 Å². The molecule has 0 bridgehead atoms. The van der Waals surface area contributed by atoms with E-state index in [0.717, 1.165) is 0 Å². The van der Waals surface area contributed by atoms with E-state index in [4.69, 9.17) is 10.6 Å². The largest absolute Gasteiger partial charge is 0.368 e. The molecule has 0 aliphatic rings. The first-order chi connectivity index (χ1) is 5.31. The van der Waals surface area contributed by atoms with Crippen molar-refractivity contribution in [1.29, 1.82) is 0 Å². The molecule has 0 fully saturated rings. The number of nitrogens with zero attached hydrogens (tertiary/aromatic N) is 1. The van der Waals surface area contributed by atoms with E-state index < -0.39 is 0 Å². The van der Waals surface area contributed by atoms with Crippen molar-refractivity contribution in [3.8, 4) is 0 Å². The Labute approximate surface area is 74.1 Å². The van der Waals surface area contributed by atoms with Gasteiger partial charge in [0.2, 0.25) is 5.96 Å². The fraction of sp³-hybridized carbons (Fsp3) is 0.875. The number of aliphatic imine (C=N–C) groups is 1. The standard InChI is InChI=1S/C8H19N3O/c1-6(2)10-7(9)11-12-8(3,4)5/h6H,1-5H3,(H3,9,10,11). The minimum Gasteiger partial charge on any atom is -0.368 e. The average molecular weight is 173 g/mol. The Kier molecular flexibility index (Phi) is 4.03. The first-order valence-electron chi connectivity index (χ1n) is 4.08. The summed E-state index contributed by atoms with van der Waals surface area (Å²) in [5.41, 5.74) is 7.82. The van der Waals surface area contributed by atoms with Crippen molar-refractivity contribution in [3.05, 3.63) is 0 Å². The van der Waals surface area contributed by atoms with E-state index in [-0.39, 0.29) is 11.6 Å². The van der Waals surface area contributed by atoms with E-state index in [0.29, 0.717) is 5.96 Å². The van der Waals surface area contributed by atoms with Crippen molar-refractivity contribution < 1.29 is 4.84 Å². The maximum absolute atomic E-state index is 5.50. The third-order valence-electron chi connectivity index (χ3n) is 0.859. The molecule has 12 heavy (non-hydrogen) atoms. The van der Waals surface area contributed by atoms with Gasteiger partial charge in [0.25, 0.3) is 0 Å². The van der Waals surface area contributed by atoms with Gasteiger partial charge in [0, 0.05) is 6.04 Å². The summed E-state index contributed by atoms with van der Waals surface area (Å²) in [4.78, 5) is 9.22. The Hall–Kier alpha value is -0.770. The van der Waals surface area contributed by atoms with E-state index in [9.17, 15) is 0 Å². The average Bonchev–Trinajstić information content (AvgIpc) is 1.80. The minimum absolute atomic E-state index is 0.182. The first kappa shape index (κ1) is 11.2. The normalized spacial score (nSPS) is 13.7. The molecule has 4 heteroatoms. The molecule has 0 unspecified atom stereocenters. The van der Waals surface area contributed by atoms with Crippen LogP contribution in [0.2, 0.25) is 0 Å². The zero-order valence-electron chi connectivity index (χ0n) is 8.51. The topological polar surface area (TPSA) is 59.6 Å². The summed E-state index contributed by atoms with van der Waals surface area (Å²) in [5, 5.41) is 0. The fourth-order valence-corrected chi connectivity index (χ4v) is 0.510. The van der Waals surface area contributed by atoms with Crippen molar-refractivity contribution in [2.45, 2.75) is 46.3 Å². The number of guanidine groups is 1. The van der Waals surface area contributed by atoms with Crippen LogP contribution in [0.4, 0.5) is 0 Å². The van der Waals surface area contributed by atoms with Gasteiger partial charge in [0.15, 0.2) is 0 Å². The van der Waals surface area contributed by atoms with Gasteiger partial charge in [0.05, 0.1) is 5.60 Å². The highest BCUT2D eigenvalue weighted by molar-refractivity contribution is 5.76. The summed E-state index contributed by atoms with van der Waals surface area (Å²) >= 11 is 0. The number of nitrogens with two attached hydrogens (primary N) is 1. The fourth-order valence-electron chi connectivity index (χ4n) is 0.510. The third kappa shape index (κ3) is 7.34. The third-order valence-corrected chi connectivity index (χ3v) is 0.859. The van der Waals surface area contributed by atoms with Crippen molar-refractivity contribution in [2.75, 3.05) is 0 Å². The molecule has 0 aromatic rings. The Morgan fingerprint density at radius 2 is 1.92 bits per heavy atom. The van der Waals surface area contributed by atoms with Gasteiger partial charge in [-0.15, -0.1) is 0 Å². The van der Waals surface area contributed by atoms with Gasteiger partial charge in [0.1, 0.15) is 0 Å². The van der Waals surface area contributed by atoms with Gasteiger partial charge < -0.3 is 5.73 Å². The number of hydrogen-bond donors (Lipinski definition) is 2. The monoisotopic (exact) mass is 173 g/mol. The summed E-state index contributed by atoms with van der Waals surface area (Å²) in [6.45, 7) is 9.70. The molecule has 0 aliphatic carbocycles. The molecule has 0 saturated carbocycles. The van der Waals surface area contributed by atoms with E-state index >= 15 is 0 Å². The second-order valence-electron chi connectivity index (χ2n) is 3.92. The molecule has 0 amide bonds. The van der Waals surface area contributed by atoms with Crippen molar-refractivity contribution in [1.82, 2.24) is 5.48 Å². The molecule has 0 saturated heterocycles. The molecular formula is C8H19N3O. The lowest BCUT2D eigenvalue weighted by molar-refractivity contribution is -0.0431. The van der Waals surface area contributed by atoms with Gasteiger partial charge in [-0.1, -0.05) is 0 Å². The number of hydrogen-bond acceptors (Lipinski definition) is 2. The molecule has 0 aromatic carbocycles. The maximum Gasteiger partial charge on any atom is 0.213 e. The quantitative estimate of drug-likeness (QED) is 0.372. The van der Waals surface area contributed by atoms with Crippen LogP contribution in [-0.4, -0.2) is 17.6 Å². The van der Waals surface area contributed by atoms with Crippen LogP contribution in [0, 0.1) is 0 Å². The molecule has 0 heterocycles. The second kappa shape index (κ2) is 4.30. The maximum atomic E-state index is 5.50. The van der Waals surface area contributed by atoms with Crippen LogP contribution < -0.4 is 11.2 Å². The Morgan fingerprint density at radius 1 is 1.42 bits per heavy atom. The highest BCUT2D eigenvalue weighted by Crippen LogP contribution is 2.02. The summed E-state index contributed by atoms with van der Waals surface area (Å²) in [7, 11) is 0. The molecule has 4 nitrogen and oxygen atoms in total. The summed E-state index contributed by atoms with van der Waals surface area (Å²) in [5.74, 6) is 0.319. The van der Waals surface area contributed by atoms with E-state index in [2.05, 4.69) is 10.5 Å². The number of nitrogens with one attached hydrogen (secondary N) is 1. The van der Waals surface area contributed by atoms with Gasteiger partial charge in [-0.3, -0.25) is 4.84 Å². The second-order valence-corrected chi connectivity index (χ2v) is 3.92. The summed E-state index contributed by atoms with van der Waals surface area (Å²) in [6.07, 6.45) is 0. The molecule has 72 valence electrons. The van der Waals surface area contributed by atoms with Crippen LogP contribution in [0.1, 0.15) is 34.6 Å². The zero-order valence-corrected chi connectivity index (χ0v) is 8.51. The predicted molar refractivity (Wildman–Crippen MR) is 50.7 cm³/mol. The molecule has 0 rings (SSSR count). The van der Waals surface area contributed by atoms with Gasteiger partial charge in [-0.05, 0) is 34.6 Å². The molecule has 0 aromatic heterocycles. The van der Waals surface area contributed by atoms with E-state index in [1.54, 1.807) is 0 Å². The van der Waals surface area contributed by atoms with Crippen LogP contribution in [0.5, 0.6) is 0 Å². The highest BCUT2D eigenvalue weighted by atomic mass is 16.7. The minimum atomic E-state index is -0.253. The van der Waals surface area contributed by atoms with Crippen LogP contribution >= 0.6 is 0 Å². The predicted octanol–water partition coefficient (Wildman–Crippen LogP) is 1.03. The zero-order chi connectivity index (χ0) is 9.78.